The molecule has 1 saturated carbocycles. The third-order valence-corrected chi connectivity index (χ3v) is 3.13. The molecule has 1 aliphatic carbocycles. The molecule has 0 heterocycles. The van der Waals surface area contributed by atoms with Crippen LogP contribution in [0.3, 0.4) is 0 Å². The van der Waals surface area contributed by atoms with Gasteiger partial charge < -0.3 is 10.6 Å². The topological polar surface area (TPSA) is 29.3 Å². The van der Waals surface area contributed by atoms with Gasteiger partial charge in [-0.15, -0.1) is 0 Å². The van der Waals surface area contributed by atoms with Crippen molar-refractivity contribution in [2.24, 2.45) is 5.73 Å². The summed E-state index contributed by atoms with van der Waals surface area (Å²) in [6.45, 7) is 0.611. The van der Waals surface area contributed by atoms with E-state index in [2.05, 4.69) is 0 Å². The average Bonchev–Trinajstić information content (AvgIpc) is 3.08. The molecule has 1 fully saturated rings. The minimum Gasteiger partial charge on any atom is -0.359 e. The lowest BCUT2D eigenvalue weighted by Crippen LogP contribution is -2.37. The molecule has 1 aromatic carbocycles. The molecule has 0 bridgehead atoms. The SMILES string of the molecule is C[C@H](N)c1cc(F)ccc1N(CC(F)(F)F)C1CC1. The molecule has 1 aliphatic rings. The van der Waals surface area contributed by atoms with Crippen molar-refractivity contribution >= 4 is 5.69 Å². The standard InChI is InChI=1S/C13H16F4N2/c1-8(18)11-6-9(14)2-5-12(11)19(10-3-4-10)7-13(15,16)17/h2,5-6,8,10H,3-4,7,18H2,1H3/t8-/m0/s1. The minimum absolute atomic E-state index is 0.121. The molecule has 6 heteroatoms. The van der Waals surface area contributed by atoms with E-state index in [0.29, 0.717) is 11.3 Å². The van der Waals surface area contributed by atoms with E-state index in [1.807, 2.05) is 0 Å². The maximum absolute atomic E-state index is 13.2. The first-order chi connectivity index (χ1) is 8.78. The molecule has 2 nitrogen and oxygen atoms in total. The van der Waals surface area contributed by atoms with Crippen LogP contribution in [0.4, 0.5) is 23.2 Å². The van der Waals surface area contributed by atoms with Crippen LogP contribution in [0.1, 0.15) is 31.4 Å². The maximum atomic E-state index is 13.2. The lowest BCUT2D eigenvalue weighted by atomic mass is 10.1. The van der Waals surface area contributed by atoms with Gasteiger partial charge in [0.25, 0.3) is 0 Å². The summed E-state index contributed by atoms with van der Waals surface area (Å²) in [5.41, 5.74) is 6.53. The Labute approximate surface area is 109 Å². The number of rotatable bonds is 4. The summed E-state index contributed by atoms with van der Waals surface area (Å²) >= 11 is 0. The zero-order valence-corrected chi connectivity index (χ0v) is 10.5. The van der Waals surface area contributed by atoms with Crippen LogP contribution >= 0.6 is 0 Å². The van der Waals surface area contributed by atoms with Gasteiger partial charge in [0.1, 0.15) is 12.4 Å². The van der Waals surface area contributed by atoms with Crippen LogP contribution in [0.15, 0.2) is 18.2 Å². The van der Waals surface area contributed by atoms with Crippen molar-refractivity contribution < 1.29 is 17.6 Å². The second-order valence-electron chi connectivity index (χ2n) is 4.97. The number of hydrogen-bond acceptors (Lipinski definition) is 2. The monoisotopic (exact) mass is 276 g/mol. The van der Waals surface area contributed by atoms with Crippen molar-refractivity contribution in [1.29, 1.82) is 0 Å². The first kappa shape index (κ1) is 14.1. The third-order valence-electron chi connectivity index (χ3n) is 3.13. The lowest BCUT2D eigenvalue weighted by Gasteiger charge is -2.29. The summed E-state index contributed by atoms with van der Waals surface area (Å²) in [6, 6.07) is 3.14. The Bertz CT molecular complexity index is 452. The zero-order chi connectivity index (χ0) is 14.2. The van der Waals surface area contributed by atoms with E-state index < -0.39 is 24.6 Å². The summed E-state index contributed by atoms with van der Waals surface area (Å²) in [4.78, 5) is 1.29. The van der Waals surface area contributed by atoms with Crippen molar-refractivity contribution in [1.82, 2.24) is 0 Å². The Kier molecular flexibility index (Phi) is 3.71. The highest BCUT2D eigenvalue weighted by atomic mass is 19.4. The summed E-state index contributed by atoms with van der Waals surface area (Å²) < 4.78 is 51.2. The van der Waals surface area contributed by atoms with Crippen LogP contribution in [-0.4, -0.2) is 18.8 Å². The number of anilines is 1. The largest absolute Gasteiger partial charge is 0.405 e. The van der Waals surface area contributed by atoms with Crippen molar-refractivity contribution in [2.75, 3.05) is 11.4 Å². The Morgan fingerprint density at radius 1 is 1.37 bits per heavy atom. The fourth-order valence-electron chi connectivity index (χ4n) is 2.14. The second-order valence-corrected chi connectivity index (χ2v) is 4.97. The van der Waals surface area contributed by atoms with Crippen molar-refractivity contribution in [3.8, 4) is 0 Å². The van der Waals surface area contributed by atoms with Gasteiger partial charge >= 0.3 is 6.18 Å². The van der Waals surface area contributed by atoms with Crippen LogP contribution in [0.25, 0.3) is 0 Å². The number of alkyl halides is 3. The lowest BCUT2D eigenvalue weighted by molar-refractivity contribution is -0.120. The third kappa shape index (κ3) is 3.59. The van der Waals surface area contributed by atoms with E-state index in [4.69, 9.17) is 5.73 Å². The average molecular weight is 276 g/mol. The number of benzene rings is 1. The highest BCUT2D eigenvalue weighted by molar-refractivity contribution is 5.57. The molecule has 1 atom stereocenters. The van der Waals surface area contributed by atoms with E-state index in [9.17, 15) is 17.6 Å². The molecule has 2 rings (SSSR count). The maximum Gasteiger partial charge on any atom is 0.405 e. The number of halogens is 4. The zero-order valence-electron chi connectivity index (χ0n) is 10.5. The molecule has 0 radical (unpaired) electrons. The first-order valence-electron chi connectivity index (χ1n) is 6.16. The molecule has 0 amide bonds. The predicted molar refractivity (Wildman–Crippen MR) is 65.4 cm³/mol. The van der Waals surface area contributed by atoms with Crippen molar-refractivity contribution in [2.45, 2.75) is 38.0 Å². The molecular weight excluding hydrogens is 260 g/mol. The molecule has 106 valence electrons. The van der Waals surface area contributed by atoms with Crippen LogP contribution < -0.4 is 10.6 Å². The van der Waals surface area contributed by atoms with Crippen LogP contribution in [0, 0.1) is 5.82 Å². The molecular formula is C13H16F4N2. The van der Waals surface area contributed by atoms with Gasteiger partial charge in [-0.1, -0.05) is 0 Å². The van der Waals surface area contributed by atoms with Gasteiger partial charge in [-0.05, 0) is 43.5 Å². The van der Waals surface area contributed by atoms with Crippen molar-refractivity contribution in [3.63, 3.8) is 0 Å². The molecule has 1 aromatic rings. The summed E-state index contributed by atoms with van der Waals surface area (Å²) in [5, 5.41) is 0. The van der Waals surface area contributed by atoms with Gasteiger partial charge in [0.15, 0.2) is 0 Å². The van der Waals surface area contributed by atoms with E-state index >= 15 is 0 Å². The fraction of sp³-hybridized carbons (Fsp3) is 0.538. The molecule has 0 unspecified atom stereocenters. The molecule has 0 aromatic heterocycles. The predicted octanol–water partition coefficient (Wildman–Crippen LogP) is 3.38. The quantitative estimate of drug-likeness (QED) is 0.854. The Balaban J connectivity index is 2.36. The van der Waals surface area contributed by atoms with E-state index in [-0.39, 0.29) is 6.04 Å². The van der Waals surface area contributed by atoms with Crippen molar-refractivity contribution in [3.05, 3.63) is 29.6 Å². The normalized spacial score (nSPS) is 17.4. The highest BCUT2D eigenvalue weighted by Crippen LogP contribution is 2.37. The van der Waals surface area contributed by atoms with Gasteiger partial charge in [0, 0.05) is 17.8 Å². The molecule has 0 saturated heterocycles. The highest BCUT2D eigenvalue weighted by Gasteiger charge is 2.39. The summed E-state index contributed by atoms with van der Waals surface area (Å²) in [6.07, 6.45) is -2.83. The molecule has 0 aliphatic heterocycles. The van der Waals surface area contributed by atoms with Gasteiger partial charge in [-0.2, -0.15) is 13.2 Å². The van der Waals surface area contributed by atoms with E-state index in [1.165, 1.54) is 23.1 Å². The second kappa shape index (κ2) is 5.00. The summed E-state index contributed by atoms with van der Waals surface area (Å²) in [5.74, 6) is -0.487. The van der Waals surface area contributed by atoms with Crippen LogP contribution in [0.5, 0.6) is 0 Å². The smallest absolute Gasteiger partial charge is 0.359 e. The van der Waals surface area contributed by atoms with Crippen LogP contribution in [0.2, 0.25) is 0 Å². The van der Waals surface area contributed by atoms with Gasteiger partial charge in [0.2, 0.25) is 0 Å². The Morgan fingerprint density at radius 3 is 2.47 bits per heavy atom. The minimum atomic E-state index is -4.29. The number of nitrogens with two attached hydrogens (primary N) is 1. The van der Waals surface area contributed by atoms with E-state index in [1.54, 1.807) is 6.92 Å². The van der Waals surface area contributed by atoms with E-state index in [0.717, 1.165) is 12.8 Å². The summed E-state index contributed by atoms with van der Waals surface area (Å²) in [7, 11) is 0. The van der Waals surface area contributed by atoms with Gasteiger partial charge in [0.05, 0.1) is 0 Å². The number of hydrogen-bond donors (Lipinski definition) is 1. The molecule has 2 N–H and O–H groups in total. The number of nitrogens with zero attached hydrogens (tertiary/aromatic N) is 1. The fourth-order valence-corrected chi connectivity index (χ4v) is 2.14. The van der Waals surface area contributed by atoms with Gasteiger partial charge in [-0.3, -0.25) is 0 Å². The molecule has 19 heavy (non-hydrogen) atoms. The van der Waals surface area contributed by atoms with Crippen LogP contribution in [-0.2, 0) is 0 Å². The Hall–Kier alpha value is -1.30. The molecule has 0 spiro atoms. The first-order valence-corrected chi connectivity index (χ1v) is 6.16. The Morgan fingerprint density at radius 2 is 2.00 bits per heavy atom. The van der Waals surface area contributed by atoms with Gasteiger partial charge in [-0.25, -0.2) is 4.39 Å².